The molecular formula is C15H26N2O3. The van der Waals surface area contributed by atoms with Gasteiger partial charge in [0, 0.05) is 19.1 Å². The number of rotatable bonds is 2. The Labute approximate surface area is 120 Å². The van der Waals surface area contributed by atoms with Crippen LogP contribution in [-0.2, 0) is 4.79 Å². The van der Waals surface area contributed by atoms with Crippen LogP contribution < -0.4 is 5.32 Å². The van der Waals surface area contributed by atoms with E-state index in [1.54, 1.807) is 6.92 Å². The van der Waals surface area contributed by atoms with Gasteiger partial charge in [0.1, 0.15) is 0 Å². The SMILES string of the molecule is CC1(C(=O)O)CCCCC1NC(=O)N1CCCCCC1. The normalized spacial score (nSPS) is 31.4. The third-order valence-electron chi connectivity index (χ3n) is 4.89. The molecule has 2 fully saturated rings. The Balaban J connectivity index is 1.99. The predicted octanol–water partition coefficient (Wildman–Crippen LogP) is 2.61. The van der Waals surface area contributed by atoms with Crippen molar-refractivity contribution < 1.29 is 14.7 Å². The maximum absolute atomic E-state index is 12.4. The number of amides is 2. The third-order valence-corrected chi connectivity index (χ3v) is 4.89. The Morgan fingerprint density at radius 3 is 2.35 bits per heavy atom. The van der Waals surface area contributed by atoms with Crippen LogP contribution in [0.4, 0.5) is 4.79 Å². The lowest BCUT2D eigenvalue weighted by atomic mass is 9.72. The molecule has 5 heteroatoms. The van der Waals surface area contributed by atoms with Crippen molar-refractivity contribution in [2.45, 2.75) is 64.3 Å². The second-order valence-corrected chi connectivity index (χ2v) is 6.37. The van der Waals surface area contributed by atoms with Crippen LogP contribution in [0.5, 0.6) is 0 Å². The standard InChI is InChI=1S/C15H26N2O3/c1-15(13(18)19)9-5-4-8-12(15)16-14(20)17-10-6-2-3-7-11-17/h12H,2-11H2,1H3,(H,16,20)(H,18,19). The highest BCUT2D eigenvalue weighted by molar-refractivity contribution is 5.79. The summed E-state index contributed by atoms with van der Waals surface area (Å²) in [7, 11) is 0. The molecule has 114 valence electrons. The van der Waals surface area contributed by atoms with E-state index in [4.69, 9.17) is 0 Å². The Bertz CT molecular complexity index is 364. The van der Waals surface area contributed by atoms with Gasteiger partial charge < -0.3 is 15.3 Å². The second-order valence-electron chi connectivity index (χ2n) is 6.37. The van der Waals surface area contributed by atoms with Crippen LogP contribution in [0.25, 0.3) is 0 Å². The molecule has 1 aliphatic carbocycles. The average Bonchev–Trinajstić information content (AvgIpc) is 2.70. The van der Waals surface area contributed by atoms with E-state index in [0.717, 1.165) is 45.2 Å². The maximum atomic E-state index is 12.4. The highest BCUT2D eigenvalue weighted by Gasteiger charge is 2.44. The summed E-state index contributed by atoms with van der Waals surface area (Å²) in [5.41, 5.74) is -0.820. The summed E-state index contributed by atoms with van der Waals surface area (Å²) in [6.45, 7) is 3.35. The monoisotopic (exact) mass is 282 g/mol. The Hall–Kier alpha value is -1.26. The molecule has 0 spiro atoms. The van der Waals surface area contributed by atoms with Gasteiger partial charge in [-0.05, 0) is 32.6 Å². The van der Waals surface area contributed by atoms with E-state index >= 15 is 0 Å². The van der Waals surface area contributed by atoms with E-state index in [-0.39, 0.29) is 12.1 Å². The van der Waals surface area contributed by atoms with Gasteiger partial charge in [0.25, 0.3) is 0 Å². The zero-order chi connectivity index (χ0) is 14.6. The molecule has 5 nitrogen and oxygen atoms in total. The first-order valence-corrected chi connectivity index (χ1v) is 7.83. The summed E-state index contributed by atoms with van der Waals surface area (Å²) in [6, 6.07) is -0.323. The Kier molecular flexibility index (Phi) is 4.89. The second kappa shape index (κ2) is 6.46. The lowest BCUT2D eigenvalue weighted by Crippen LogP contribution is -2.55. The van der Waals surface area contributed by atoms with E-state index in [1.165, 1.54) is 12.8 Å². The van der Waals surface area contributed by atoms with E-state index in [2.05, 4.69) is 5.32 Å². The number of hydrogen-bond acceptors (Lipinski definition) is 2. The quantitative estimate of drug-likeness (QED) is 0.818. The van der Waals surface area contributed by atoms with Gasteiger partial charge in [-0.2, -0.15) is 0 Å². The average molecular weight is 282 g/mol. The summed E-state index contributed by atoms with van der Waals surface area (Å²) >= 11 is 0. The van der Waals surface area contributed by atoms with Gasteiger partial charge in [-0.3, -0.25) is 4.79 Å². The van der Waals surface area contributed by atoms with Gasteiger partial charge in [0.2, 0.25) is 0 Å². The Morgan fingerprint density at radius 1 is 1.10 bits per heavy atom. The summed E-state index contributed by atoms with van der Waals surface area (Å²) in [4.78, 5) is 25.7. The lowest BCUT2D eigenvalue weighted by molar-refractivity contribution is -0.151. The maximum Gasteiger partial charge on any atom is 0.317 e. The Morgan fingerprint density at radius 2 is 1.75 bits per heavy atom. The van der Waals surface area contributed by atoms with Gasteiger partial charge in [0.05, 0.1) is 5.41 Å². The highest BCUT2D eigenvalue weighted by Crippen LogP contribution is 2.36. The minimum atomic E-state index is -0.820. The summed E-state index contributed by atoms with van der Waals surface area (Å²) in [6.07, 6.45) is 7.80. The van der Waals surface area contributed by atoms with Gasteiger partial charge >= 0.3 is 12.0 Å². The van der Waals surface area contributed by atoms with E-state index in [0.29, 0.717) is 6.42 Å². The van der Waals surface area contributed by atoms with Crippen molar-refractivity contribution >= 4 is 12.0 Å². The molecule has 2 N–H and O–H groups in total. The molecule has 0 bridgehead atoms. The molecule has 2 atom stereocenters. The number of likely N-dealkylation sites (tertiary alicyclic amines) is 1. The van der Waals surface area contributed by atoms with Crippen LogP contribution in [0.2, 0.25) is 0 Å². The minimum Gasteiger partial charge on any atom is -0.481 e. The first-order chi connectivity index (χ1) is 9.54. The molecule has 0 aromatic carbocycles. The number of carboxylic acid groups (broad SMARTS) is 1. The van der Waals surface area contributed by atoms with Crippen LogP contribution in [0.3, 0.4) is 0 Å². The molecule has 0 aromatic rings. The van der Waals surface area contributed by atoms with Crippen LogP contribution in [0.1, 0.15) is 58.3 Å². The minimum absolute atomic E-state index is 0.0775. The number of nitrogens with one attached hydrogen (secondary N) is 1. The van der Waals surface area contributed by atoms with E-state index in [9.17, 15) is 14.7 Å². The molecular weight excluding hydrogens is 256 g/mol. The molecule has 2 amide bonds. The predicted molar refractivity (Wildman–Crippen MR) is 76.6 cm³/mol. The van der Waals surface area contributed by atoms with Crippen molar-refractivity contribution in [1.82, 2.24) is 10.2 Å². The third kappa shape index (κ3) is 3.25. The number of carbonyl (C=O) groups excluding carboxylic acids is 1. The van der Waals surface area contributed by atoms with E-state index < -0.39 is 11.4 Å². The molecule has 0 radical (unpaired) electrons. The highest BCUT2D eigenvalue weighted by atomic mass is 16.4. The summed E-state index contributed by atoms with van der Waals surface area (Å²) in [5.74, 6) is -0.793. The van der Waals surface area contributed by atoms with Crippen molar-refractivity contribution in [3.05, 3.63) is 0 Å². The first-order valence-electron chi connectivity index (χ1n) is 7.83. The molecule has 1 heterocycles. The number of urea groups is 1. The van der Waals surface area contributed by atoms with Crippen molar-refractivity contribution in [3.8, 4) is 0 Å². The fourth-order valence-electron chi connectivity index (χ4n) is 3.34. The van der Waals surface area contributed by atoms with Crippen LogP contribution >= 0.6 is 0 Å². The summed E-state index contributed by atoms with van der Waals surface area (Å²) < 4.78 is 0. The van der Waals surface area contributed by atoms with Crippen molar-refractivity contribution in [1.29, 1.82) is 0 Å². The number of nitrogens with zero attached hydrogens (tertiary/aromatic N) is 1. The molecule has 2 aliphatic rings. The number of hydrogen-bond donors (Lipinski definition) is 2. The number of carbonyl (C=O) groups is 2. The summed E-state index contributed by atoms with van der Waals surface area (Å²) in [5, 5.41) is 12.5. The van der Waals surface area contributed by atoms with Gasteiger partial charge in [-0.1, -0.05) is 25.7 Å². The van der Waals surface area contributed by atoms with Crippen LogP contribution in [-0.4, -0.2) is 41.1 Å². The molecule has 0 aromatic heterocycles. The van der Waals surface area contributed by atoms with Crippen LogP contribution in [0.15, 0.2) is 0 Å². The van der Waals surface area contributed by atoms with Gasteiger partial charge in [-0.25, -0.2) is 4.79 Å². The lowest BCUT2D eigenvalue weighted by Gasteiger charge is -2.39. The molecule has 1 saturated heterocycles. The molecule has 1 aliphatic heterocycles. The van der Waals surface area contributed by atoms with Gasteiger partial charge in [0.15, 0.2) is 0 Å². The topological polar surface area (TPSA) is 69.6 Å². The molecule has 20 heavy (non-hydrogen) atoms. The molecule has 1 saturated carbocycles. The molecule has 2 unspecified atom stereocenters. The van der Waals surface area contributed by atoms with Crippen LogP contribution in [0, 0.1) is 5.41 Å². The van der Waals surface area contributed by atoms with E-state index in [1.807, 2.05) is 4.90 Å². The number of aliphatic carboxylic acids is 1. The first kappa shape index (κ1) is 15.1. The van der Waals surface area contributed by atoms with Crippen molar-refractivity contribution in [2.24, 2.45) is 5.41 Å². The largest absolute Gasteiger partial charge is 0.481 e. The smallest absolute Gasteiger partial charge is 0.317 e. The van der Waals surface area contributed by atoms with Crippen molar-refractivity contribution in [3.63, 3.8) is 0 Å². The van der Waals surface area contributed by atoms with Crippen molar-refractivity contribution in [2.75, 3.05) is 13.1 Å². The fraction of sp³-hybridized carbons (Fsp3) is 0.867. The zero-order valence-corrected chi connectivity index (χ0v) is 12.4. The fourth-order valence-corrected chi connectivity index (χ4v) is 3.34. The number of carboxylic acids is 1. The molecule has 2 rings (SSSR count). The zero-order valence-electron chi connectivity index (χ0n) is 12.4. The van der Waals surface area contributed by atoms with Gasteiger partial charge in [-0.15, -0.1) is 0 Å².